The molecule has 2 aliphatic rings. The Kier molecular flexibility index (Phi) is 3.78. The molecule has 0 aromatic carbocycles. The van der Waals surface area contributed by atoms with Crippen molar-refractivity contribution in [3.05, 3.63) is 0 Å². The van der Waals surface area contributed by atoms with Gasteiger partial charge in [-0.2, -0.15) is 0 Å². The third kappa shape index (κ3) is 2.53. The van der Waals surface area contributed by atoms with Crippen LogP contribution in [0.4, 0.5) is 0 Å². The van der Waals surface area contributed by atoms with Crippen molar-refractivity contribution in [3.63, 3.8) is 0 Å². The lowest BCUT2D eigenvalue weighted by Crippen LogP contribution is -2.46. The minimum absolute atomic E-state index is 0.00751. The lowest BCUT2D eigenvalue weighted by Gasteiger charge is -2.20. The Labute approximate surface area is 95.9 Å². The van der Waals surface area contributed by atoms with Gasteiger partial charge in [-0.25, -0.2) is 0 Å². The van der Waals surface area contributed by atoms with Gasteiger partial charge in [0.25, 0.3) is 0 Å². The van der Waals surface area contributed by atoms with Gasteiger partial charge < -0.3 is 20.1 Å². The summed E-state index contributed by atoms with van der Waals surface area (Å²) in [5.41, 5.74) is 0. The van der Waals surface area contributed by atoms with E-state index in [1.54, 1.807) is 7.11 Å². The standard InChI is InChI=1S/C11H20N2O3/c1-7-3-8(6-16-7)11(14)13-9-4-12-5-10(9)15-2/h7-10,12H,3-6H2,1-2H3,(H,13,14)/t7?,8?,9?,10-/m0/s1. The van der Waals surface area contributed by atoms with Crippen molar-refractivity contribution in [1.82, 2.24) is 10.6 Å². The van der Waals surface area contributed by atoms with Crippen LogP contribution in [0, 0.1) is 5.92 Å². The molecular formula is C11H20N2O3. The van der Waals surface area contributed by atoms with E-state index in [4.69, 9.17) is 9.47 Å². The van der Waals surface area contributed by atoms with Gasteiger partial charge >= 0.3 is 0 Å². The molecular weight excluding hydrogens is 208 g/mol. The highest BCUT2D eigenvalue weighted by Gasteiger charge is 2.33. The van der Waals surface area contributed by atoms with Crippen molar-refractivity contribution < 1.29 is 14.3 Å². The first-order valence-electron chi connectivity index (χ1n) is 5.86. The number of carbonyl (C=O) groups is 1. The molecule has 2 fully saturated rings. The zero-order valence-electron chi connectivity index (χ0n) is 9.86. The number of rotatable bonds is 3. The van der Waals surface area contributed by atoms with E-state index in [1.807, 2.05) is 6.92 Å². The molecule has 16 heavy (non-hydrogen) atoms. The van der Waals surface area contributed by atoms with Crippen LogP contribution in [-0.4, -0.2) is 51.0 Å². The summed E-state index contributed by atoms with van der Waals surface area (Å²) in [6.45, 7) is 4.14. The van der Waals surface area contributed by atoms with Gasteiger partial charge in [0, 0.05) is 20.2 Å². The summed E-state index contributed by atoms with van der Waals surface area (Å²) >= 11 is 0. The highest BCUT2D eigenvalue weighted by atomic mass is 16.5. The second kappa shape index (κ2) is 5.12. The third-order valence-corrected chi connectivity index (χ3v) is 3.36. The number of carbonyl (C=O) groups excluding carboxylic acids is 1. The lowest BCUT2D eigenvalue weighted by atomic mass is 10.0. The van der Waals surface area contributed by atoms with E-state index in [9.17, 15) is 4.79 Å². The van der Waals surface area contributed by atoms with Crippen LogP contribution in [0.1, 0.15) is 13.3 Å². The highest BCUT2D eigenvalue weighted by molar-refractivity contribution is 5.79. The van der Waals surface area contributed by atoms with Crippen LogP contribution in [0.15, 0.2) is 0 Å². The average Bonchev–Trinajstić information content (AvgIpc) is 2.86. The molecule has 0 aliphatic carbocycles. The summed E-state index contributed by atoms with van der Waals surface area (Å²) in [6.07, 6.45) is 1.11. The number of ether oxygens (including phenoxy) is 2. The Morgan fingerprint density at radius 2 is 2.31 bits per heavy atom. The van der Waals surface area contributed by atoms with Crippen molar-refractivity contribution in [2.45, 2.75) is 31.6 Å². The number of amides is 1. The molecule has 5 heteroatoms. The molecule has 2 N–H and O–H groups in total. The summed E-state index contributed by atoms with van der Waals surface area (Å²) in [6, 6.07) is 0.0911. The van der Waals surface area contributed by atoms with Crippen LogP contribution in [0.3, 0.4) is 0 Å². The summed E-state index contributed by atoms with van der Waals surface area (Å²) in [7, 11) is 1.68. The zero-order chi connectivity index (χ0) is 11.5. The van der Waals surface area contributed by atoms with Gasteiger partial charge in [0.2, 0.25) is 5.91 Å². The Morgan fingerprint density at radius 1 is 1.50 bits per heavy atom. The molecule has 0 radical (unpaired) electrons. The highest BCUT2D eigenvalue weighted by Crippen LogP contribution is 2.19. The normalized spacial score (nSPS) is 38.9. The Balaban J connectivity index is 1.82. The fourth-order valence-electron chi connectivity index (χ4n) is 2.35. The maximum absolute atomic E-state index is 11.9. The molecule has 0 spiro atoms. The van der Waals surface area contributed by atoms with Crippen molar-refractivity contribution in [1.29, 1.82) is 0 Å². The molecule has 2 rings (SSSR count). The van der Waals surface area contributed by atoms with E-state index in [1.165, 1.54) is 0 Å². The van der Waals surface area contributed by atoms with Crippen LogP contribution >= 0.6 is 0 Å². The van der Waals surface area contributed by atoms with Crippen LogP contribution in [0.5, 0.6) is 0 Å². The van der Waals surface area contributed by atoms with Crippen LogP contribution in [0.25, 0.3) is 0 Å². The molecule has 0 saturated carbocycles. The third-order valence-electron chi connectivity index (χ3n) is 3.36. The van der Waals surface area contributed by atoms with E-state index in [0.29, 0.717) is 6.61 Å². The smallest absolute Gasteiger partial charge is 0.225 e. The molecule has 5 nitrogen and oxygen atoms in total. The minimum Gasteiger partial charge on any atom is -0.378 e. The Morgan fingerprint density at radius 3 is 2.94 bits per heavy atom. The molecule has 2 aliphatic heterocycles. The van der Waals surface area contributed by atoms with E-state index in [0.717, 1.165) is 19.5 Å². The maximum atomic E-state index is 11.9. The van der Waals surface area contributed by atoms with Crippen molar-refractivity contribution in [2.75, 3.05) is 26.8 Å². The fourth-order valence-corrected chi connectivity index (χ4v) is 2.35. The van der Waals surface area contributed by atoms with Crippen molar-refractivity contribution >= 4 is 5.91 Å². The minimum atomic E-state index is 0.00751. The molecule has 92 valence electrons. The summed E-state index contributed by atoms with van der Waals surface area (Å²) < 4.78 is 10.7. The maximum Gasteiger partial charge on any atom is 0.225 e. The summed E-state index contributed by atoms with van der Waals surface area (Å²) in [5, 5.41) is 6.24. The van der Waals surface area contributed by atoms with Gasteiger partial charge in [-0.05, 0) is 13.3 Å². The Bertz CT molecular complexity index is 260. The molecule has 0 aromatic rings. The molecule has 2 heterocycles. The summed E-state index contributed by atoms with van der Waals surface area (Å²) in [4.78, 5) is 11.9. The number of methoxy groups -OCH3 is 1. The van der Waals surface area contributed by atoms with Gasteiger partial charge in [-0.3, -0.25) is 4.79 Å². The predicted molar refractivity (Wildman–Crippen MR) is 59.1 cm³/mol. The molecule has 1 amide bonds. The predicted octanol–water partition coefficient (Wildman–Crippen LogP) is -0.486. The second-order valence-electron chi connectivity index (χ2n) is 4.62. The molecule has 0 bridgehead atoms. The van der Waals surface area contributed by atoms with Gasteiger partial charge in [-0.1, -0.05) is 0 Å². The van der Waals surface area contributed by atoms with Crippen molar-refractivity contribution in [3.8, 4) is 0 Å². The largest absolute Gasteiger partial charge is 0.378 e. The molecule has 2 saturated heterocycles. The van der Waals surface area contributed by atoms with E-state index in [2.05, 4.69) is 10.6 Å². The first kappa shape index (κ1) is 11.8. The quantitative estimate of drug-likeness (QED) is 0.684. The van der Waals surface area contributed by atoms with Crippen LogP contribution < -0.4 is 10.6 Å². The van der Waals surface area contributed by atoms with Gasteiger partial charge in [0.15, 0.2) is 0 Å². The number of hydrogen-bond acceptors (Lipinski definition) is 4. The summed E-state index contributed by atoms with van der Waals surface area (Å²) in [5.74, 6) is 0.105. The van der Waals surface area contributed by atoms with Gasteiger partial charge in [0.05, 0.1) is 30.8 Å². The topological polar surface area (TPSA) is 59.6 Å². The average molecular weight is 228 g/mol. The molecule has 0 aromatic heterocycles. The Hall–Kier alpha value is -0.650. The second-order valence-corrected chi connectivity index (χ2v) is 4.62. The van der Waals surface area contributed by atoms with E-state index >= 15 is 0 Å². The first-order chi connectivity index (χ1) is 7.70. The monoisotopic (exact) mass is 228 g/mol. The van der Waals surface area contributed by atoms with Crippen molar-refractivity contribution in [2.24, 2.45) is 5.92 Å². The lowest BCUT2D eigenvalue weighted by molar-refractivity contribution is -0.126. The number of nitrogens with one attached hydrogen (secondary N) is 2. The van der Waals surface area contributed by atoms with Crippen LogP contribution in [-0.2, 0) is 14.3 Å². The zero-order valence-corrected chi connectivity index (χ0v) is 9.86. The molecule has 4 atom stereocenters. The van der Waals surface area contributed by atoms with E-state index in [-0.39, 0.29) is 30.1 Å². The van der Waals surface area contributed by atoms with Gasteiger partial charge in [0.1, 0.15) is 0 Å². The van der Waals surface area contributed by atoms with Crippen LogP contribution in [0.2, 0.25) is 0 Å². The first-order valence-corrected chi connectivity index (χ1v) is 5.86. The SMILES string of the molecule is CO[C@H]1CNCC1NC(=O)C1COC(C)C1. The van der Waals surface area contributed by atoms with E-state index < -0.39 is 0 Å². The molecule has 3 unspecified atom stereocenters. The number of hydrogen-bond donors (Lipinski definition) is 2. The fraction of sp³-hybridized carbons (Fsp3) is 0.909. The van der Waals surface area contributed by atoms with Gasteiger partial charge in [-0.15, -0.1) is 0 Å².